The first-order chi connectivity index (χ1) is 8.81. The van der Waals surface area contributed by atoms with Gasteiger partial charge < -0.3 is 14.2 Å². The lowest BCUT2D eigenvalue weighted by Crippen LogP contribution is -2.21. The molecule has 0 aliphatic heterocycles. The van der Waals surface area contributed by atoms with Gasteiger partial charge in [-0.15, -0.1) is 0 Å². The second-order valence-electron chi connectivity index (χ2n) is 4.33. The van der Waals surface area contributed by atoms with Gasteiger partial charge in [0.2, 0.25) is 0 Å². The van der Waals surface area contributed by atoms with E-state index in [1.54, 1.807) is 6.26 Å². The zero-order valence-corrected chi connectivity index (χ0v) is 11.0. The van der Waals surface area contributed by atoms with Crippen LogP contribution < -0.4 is 5.32 Å². The van der Waals surface area contributed by atoms with Gasteiger partial charge in [-0.2, -0.15) is 0 Å². The molecule has 0 bridgehead atoms. The Morgan fingerprint density at radius 1 is 1.22 bits per heavy atom. The van der Waals surface area contributed by atoms with Crippen LogP contribution >= 0.6 is 0 Å². The fraction of sp³-hybridized carbons (Fsp3) is 0.429. The molecular formula is C14H20N2O2. The summed E-state index contributed by atoms with van der Waals surface area (Å²) in [6.45, 7) is 5.56. The predicted molar refractivity (Wildman–Crippen MR) is 70.0 cm³/mol. The normalized spacial score (nSPS) is 11.3. The van der Waals surface area contributed by atoms with Crippen molar-refractivity contribution in [3.05, 3.63) is 47.8 Å². The minimum Gasteiger partial charge on any atom is -0.468 e. The smallest absolute Gasteiger partial charge is 0.118 e. The highest BCUT2D eigenvalue weighted by Crippen LogP contribution is 2.13. The van der Waals surface area contributed by atoms with Crippen LogP contribution in [-0.2, 0) is 19.6 Å². The fourth-order valence-electron chi connectivity index (χ4n) is 1.93. The van der Waals surface area contributed by atoms with Crippen LogP contribution in [0.3, 0.4) is 0 Å². The molecule has 0 fully saturated rings. The molecule has 0 atom stereocenters. The number of furan rings is 2. The third-order valence-corrected chi connectivity index (χ3v) is 2.88. The van der Waals surface area contributed by atoms with Crippen molar-refractivity contribution in [2.75, 3.05) is 13.6 Å². The van der Waals surface area contributed by atoms with Crippen molar-refractivity contribution in [3.8, 4) is 0 Å². The summed E-state index contributed by atoms with van der Waals surface area (Å²) in [6, 6.07) is 6.01. The van der Waals surface area contributed by atoms with Crippen molar-refractivity contribution in [1.29, 1.82) is 0 Å². The third kappa shape index (κ3) is 3.48. The van der Waals surface area contributed by atoms with Crippen molar-refractivity contribution in [2.45, 2.75) is 26.6 Å². The quantitative estimate of drug-likeness (QED) is 0.817. The van der Waals surface area contributed by atoms with E-state index in [1.807, 2.05) is 25.4 Å². The van der Waals surface area contributed by atoms with Gasteiger partial charge in [-0.1, -0.05) is 6.92 Å². The molecule has 2 rings (SSSR count). The fourth-order valence-corrected chi connectivity index (χ4v) is 1.93. The van der Waals surface area contributed by atoms with E-state index in [0.29, 0.717) is 0 Å². The van der Waals surface area contributed by atoms with Gasteiger partial charge in [-0.3, -0.25) is 4.90 Å². The average Bonchev–Trinajstić information content (AvgIpc) is 3.01. The monoisotopic (exact) mass is 248 g/mol. The van der Waals surface area contributed by atoms with E-state index in [9.17, 15) is 0 Å². The summed E-state index contributed by atoms with van der Waals surface area (Å²) in [7, 11) is 1.93. The molecule has 98 valence electrons. The number of nitrogens with zero attached hydrogens (tertiary/aromatic N) is 1. The molecule has 4 heteroatoms. The highest BCUT2D eigenvalue weighted by atomic mass is 16.3. The molecule has 0 radical (unpaired) electrons. The zero-order chi connectivity index (χ0) is 12.8. The predicted octanol–water partition coefficient (Wildman–Crippen LogP) is 2.61. The average molecular weight is 248 g/mol. The zero-order valence-electron chi connectivity index (χ0n) is 11.0. The lowest BCUT2D eigenvalue weighted by Gasteiger charge is -2.17. The summed E-state index contributed by atoms with van der Waals surface area (Å²) in [5.74, 6) is 1.98. The van der Waals surface area contributed by atoms with E-state index in [2.05, 4.69) is 23.2 Å². The molecule has 0 aliphatic carbocycles. The maximum Gasteiger partial charge on any atom is 0.118 e. The second kappa shape index (κ2) is 6.42. The first-order valence-corrected chi connectivity index (χ1v) is 6.27. The van der Waals surface area contributed by atoms with Crippen molar-refractivity contribution in [2.24, 2.45) is 0 Å². The van der Waals surface area contributed by atoms with E-state index < -0.39 is 0 Å². The largest absolute Gasteiger partial charge is 0.468 e. The highest BCUT2D eigenvalue weighted by molar-refractivity contribution is 5.12. The van der Waals surface area contributed by atoms with Gasteiger partial charge in [0.25, 0.3) is 0 Å². The van der Waals surface area contributed by atoms with E-state index in [-0.39, 0.29) is 0 Å². The lowest BCUT2D eigenvalue weighted by molar-refractivity contribution is 0.229. The van der Waals surface area contributed by atoms with Gasteiger partial charge in [0.15, 0.2) is 0 Å². The summed E-state index contributed by atoms with van der Waals surface area (Å²) in [4.78, 5) is 2.28. The maximum atomic E-state index is 5.56. The molecule has 2 aromatic heterocycles. The van der Waals surface area contributed by atoms with Crippen LogP contribution in [0.2, 0.25) is 0 Å². The molecule has 18 heavy (non-hydrogen) atoms. The van der Waals surface area contributed by atoms with Crippen LogP contribution in [0.1, 0.15) is 24.0 Å². The Balaban J connectivity index is 1.92. The number of hydrogen-bond acceptors (Lipinski definition) is 4. The number of hydrogen-bond donors (Lipinski definition) is 1. The topological polar surface area (TPSA) is 41.6 Å². The standard InChI is InChI=1S/C14H20N2O2/c1-3-16(9-13-5-4-6-17-13)10-14-7-12(8-15-2)11-18-14/h4-7,11,15H,3,8-10H2,1-2H3. The molecule has 0 aromatic carbocycles. The summed E-state index contributed by atoms with van der Waals surface area (Å²) in [5, 5.41) is 3.11. The van der Waals surface area contributed by atoms with Gasteiger partial charge in [0.1, 0.15) is 11.5 Å². The Labute approximate surface area is 108 Å². The van der Waals surface area contributed by atoms with Crippen LogP contribution in [0.15, 0.2) is 39.6 Å². The van der Waals surface area contributed by atoms with Crippen LogP contribution in [-0.4, -0.2) is 18.5 Å². The first kappa shape index (κ1) is 12.9. The van der Waals surface area contributed by atoms with Crippen LogP contribution in [0.25, 0.3) is 0 Å². The van der Waals surface area contributed by atoms with Crippen molar-refractivity contribution in [3.63, 3.8) is 0 Å². The molecular weight excluding hydrogens is 228 g/mol. The molecule has 2 aromatic rings. The summed E-state index contributed by atoms with van der Waals surface area (Å²) >= 11 is 0. The van der Waals surface area contributed by atoms with E-state index in [4.69, 9.17) is 8.83 Å². The van der Waals surface area contributed by atoms with Gasteiger partial charge in [-0.25, -0.2) is 0 Å². The first-order valence-electron chi connectivity index (χ1n) is 6.27. The third-order valence-electron chi connectivity index (χ3n) is 2.88. The Hall–Kier alpha value is -1.52. The maximum absolute atomic E-state index is 5.56. The lowest BCUT2D eigenvalue weighted by atomic mass is 10.3. The molecule has 0 saturated carbocycles. The molecule has 0 saturated heterocycles. The Morgan fingerprint density at radius 3 is 2.72 bits per heavy atom. The van der Waals surface area contributed by atoms with Crippen LogP contribution in [0, 0.1) is 0 Å². The van der Waals surface area contributed by atoms with Crippen LogP contribution in [0.4, 0.5) is 0 Å². The van der Waals surface area contributed by atoms with Crippen molar-refractivity contribution >= 4 is 0 Å². The molecule has 4 nitrogen and oxygen atoms in total. The summed E-state index contributed by atoms with van der Waals surface area (Å²) in [5.41, 5.74) is 1.18. The Bertz CT molecular complexity index is 448. The van der Waals surface area contributed by atoms with E-state index in [1.165, 1.54) is 5.56 Å². The van der Waals surface area contributed by atoms with Crippen molar-refractivity contribution in [1.82, 2.24) is 10.2 Å². The molecule has 0 amide bonds. The molecule has 0 unspecified atom stereocenters. The molecule has 0 spiro atoms. The second-order valence-corrected chi connectivity index (χ2v) is 4.33. The molecule has 1 N–H and O–H groups in total. The minimum atomic E-state index is 0.806. The number of nitrogens with one attached hydrogen (secondary N) is 1. The van der Waals surface area contributed by atoms with E-state index in [0.717, 1.165) is 37.7 Å². The summed E-state index contributed by atoms with van der Waals surface area (Å²) < 4.78 is 10.9. The van der Waals surface area contributed by atoms with Crippen LogP contribution in [0.5, 0.6) is 0 Å². The van der Waals surface area contributed by atoms with E-state index >= 15 is 0 Å². The Morgan fingerprint density at radius 2 is 2.06 bits per heavy atom. The van der Waals surface area contributed by atoms with Gasteiger partial charge in [-0.05, 0) is 31.8 Å². The molecule has 0 aliphatic rings. The Kier molecular flexibility index (Phi) is 4.61. The SMILES string of the molecule is CCN(Cc1ccco1)Cc1cc(CNC)co1. The summed E-state index contributed by atoms with van der Waals surface area (Å²) in [6.07, 6.45) is 3.52. The molecule has 2 heterocycles. The highest BCUT2D eigenvalue weighted by Gasteiger charge is 2.09. The van der Waals surface area contributed by atoms with Crippen molar-refractivity contribution < 1.29 is 8.83 Å². The van der Waals surface area contributed by atoms with Gasteiger partial charge in [0, 0.05) is 12.1 Å². The van der Waals surface area contributed by atoms with Gasteiger partial charge >= 0.3 is 0 Å². The minimum absolute atomic E-state index is 0.806. The number of rotatable bonds is 7. The van der Waals surface area contributed by atoms with Gasteiger partial charge in [0.05, 0.1) is 25.6 Å².